The maximum Gasteiger partial charge on any atom is 0.0731 e. The number of ether oxygens (including phenoxy) is 1. The minimum Gasteiger partial charge on any atom is -0.384 e. The van der Waals surface area contributed by atoms with Crippen LogP contribution in [0.5, 0.6) is 0 Å². The Morgan fingerprint density at radius 3 is 3.20 bits per heavy atom. The van der Waals surface area contributed by atoms with Gasteiger partial charge in [-0.25, -0.2) is 0 Å². The molecule has 0 spiro atoms. The Balaban J connectivity index is 1.50. The fraction of sp³-hybridized carbons (Fsp3) is 0.647. The van der Waals surface area contributed by atoms with Crippen molar-refractivity contribution in [2.45, 2.75) is 50.8 Å². The zero-order valence-electron chi connectivity index (χ0n) is 12.1. The van der Waals surface area contributed by atoms with E-state index in [9.17, 15) is 0 Å². The molecular weight excluding hydrogens is 248 g/mol. The molecule has 0 radical (unpaired) electrons. The third-order valence-electron chi connectivity index (χ3n) is 5.11. The molecule has 1 saturated heterocycles. The summed E-state index contributed by atoms with van der Waals surface area (Å²) in [4.78, 5) is 2.66. The molecule has 2 atom stereocenters. The van der Waals surface area contributed by atoms with Crippen molar-refractivity contribution in [1.82, 2.24) is 4.90 Å². The predicted octanol–water partition coefficient (Wildman–Crippen LogP) is 2.80. The highest BCUT2D eigenvalue weighted by Crippen LogP contribution is 2.30. The molecule has 1 aromatic carbocycles. The molecule has 3 heteroatoms. The number of hydrogen-bond acceptors (Lipinski definition) is 3. The number of nitrogens with one attached hydrogen (secondary N) is 1. The highest BCUT2D eigenvalue weighted by Gasteiger charge is 2.34. The molecular formula is C17H24N2O. The van der Waals surface area contributed by atoms with E-state index in [-0.39, 0.29) is 0 Å². The van der Waals surface area contributed by atoms with Gasteiger partial charge in [-0.1, -0.05) is 25.0 Å². The molecule has 0 bridgehead atoms. The molecule has 4 rings (SSSR count). The van der Waals surface area contributed by atoms with Crippen LogP contribution in [0.1, 0.15) is 36.8 Å². The fourth-order valence-corrected chi connectivity index (χ4v) is 4.06. The summed E-state index contributed by atoms with van der Waals surface area (Å²) in [7, 11) is 0. The van der Waals surface area contributed by atoms with Gasteiger partial charge in [-0.3, -0.25) is 4.90 Å². The second-order valence-electron chi connectivity index (χ2n) is 6.40. The average Bonchev–Trinajstić information content (AvgIpc) is 2.95. The average molecular weight is 272 g/mol. The first-order valence-electron chi connectivity index (χ1n) is 8.11. The van der Waals surface area contributed by atoms with Gasteiger partial charge in [-0.2, -0.15) is 0 Å². The van der Waals surface area contributed by atoms with Crippen LogP contribution in [-0.2, 0) is 17.7 Å². The number of anilines is 1. The molecule has 2 heterocycles. The lowest BCUT2D eigenvalue weighted by molar-refractivity contribution is -0.0911. The van der Waals surface area contributed by atoms with Gasteiger partial charge in [0.15, 0.2) is 0 Å². The Hall–Kier alpha value is -1.06. The van der Waals surface area contributed by atoms with Crippen LogP contribution in [-0.4, -0.2) is 36.7 Å². The Labute approximate surface area is 121 Å². The minimum atomic E-state index is 0.494. The van der Waals surface area contributed by atoms with Crippen molar-refractivity contribution in [3.8, 4) is 0 Å². The Kier molecular flexibility index (Phi) is 3.41. The van der Waals surface area contributed by atoms with Gasteiger partial charge in [0.2, 0.25) is 0 Å². The Bertz CT molecular complexity index is 486. The summed E-state index contributed by atoms with van der Waals surface area (Å²) < 4.78 is 5.97. The van der Waals surface area contributed by atoms with Crippen LogP contribution in [0.25, 0.3) is 0 Å². The van der Waals surface area contributed by atoms with Gasteiger partial charge in [0.1, 0.15) is 0 Å². The molecule has 0 aromatic heterocycles. The van der Waals surface area contributed by atoms with E-state index in [1.165, 1.54) is 48.9 Å². The zero-order valence-corrected chi connectivity index (χ0v) is 12.1. The molecule has 3 aliphatic rings. The SMILES string of the molecule is c1cc2c(cc1CN1CCOC3CCCCC31)CCN2. The number of benzene rings is 1. The van der Waals surface area contributed by atoms with Crippen molar-refractivity contribution in [2.75, 3.05) is 25.0 Å². The molecule has 1 aliphatic carbocycles. The first-order valence-corrected chi connectivity index (χ1v) is 8.11. The zero-order chi connectivity index (χ0) is 13.4. The number of nitrogens with zero attached hydrogens (tertiary/aromatic N) is 1. The Morgan fingerprint density at radius 2 is 2.20 bits per heavy atom. The van der Waals surface area contributed by atoms with Crippen molar-refractivity contribution < 1.29 is 4.74 Å². The normalized spacial score (nSPS) is 29.6. The molecule has 20 heavy (non-hydrogen) atoms. The van der Waals surface area contributed by atoms with Gasteiger partial charge < -0.3 is 10.1 Å². The van der Waals surface area contributed by atoms with E-state index in [0.717, 1.165) is 26.2 Å². The lowest BCUT2D eigenvalue weighted by Gasteiger charge is -2.44. The lowest BCUT2D eigenvalue weighted by atomic mass is 9.90. The van der Waals surface area contributed by atoms with Crippen LogP contribution in [0, 0.1) is 0 Å². The number of hydrogen-bond donors (Lipinski definition) is 1. The van der Waals surface area contributed by atoms with Crippen molar-refractivity contribution in [3.05, 3.63) is 29.3 Å². The van der Waals surface area contributed by atoms with Crippen LogP contribution < -0.4 is 5.32 Å². The molecule has 0 amide bonds. The standard InChI is InChI=1S/C17H24N2O/c1-2-4-17-16(3-1)19(9-10-20-17)12-13-5-6-15-14(11-13)7-8-18-15/h5-6,11,16-18H,1-4,7-10,12H2. The Morgan fingerprint density at radius 1 is 1.25 bits per heavy atom. The predicted molar refractivity (Wildman–Crippen MR) is 81.0 cm³/mol. The quantitative estimate of drug-likeness (QED) is 0.896. The molecule has 108 valence electrons. The summed E-state index contributed by atoms with van der Waals surface area (Å²) in [6.07, 6.45) is 6.97. The molecule has 2 fully saturated rings. The highest BCUT2D eigenvalue weighted by molar-refractivity contribution is 5.56. The van der Waals surface area contributed by atoms with Gasteiger partial charge in [0, 0.05) is 31.4 Å². The van der Waals surface area contributed by atoms with E-state index in [4.69, 9.17) is 4.74 Å². The fourth-order valence-electron chi connectivity index (χ4n) is 4.06. The van der Waals surface area contributed by atoms with Crippen LogP contribution in [0.15, 0.2) is 18.2 Å². The van der Waals surface area contributed by atoms with Crippen molar-refractivity contribution in [1.29, 1.82) is 0 Å². The second-order valence-corrected chi connectivity index (χ2v) is 6.40. The van der Waals surface area contributed by atoms with Gasteiger partial charge in [-0.05, 0) is 36.5 Å². The smallest absolute Gasteiger partial charge is 0.0731 e. The molecule has 2 aliphatic heterocycles. The van der Waals surface area contributed by atoms with E-state index < -0.39 is 0 Å². The summed E-state index contributed by atoms with van der Waals surface area (Å²) in [6.45, 7) is 4.20. The van der Waals surface area contributed by atoms with Crippen LogP contribution in [0.2, 0.25) is 0 Å². The molecule has 1 aromatic rings. The maximum atomic E-state index is 5.97. The number of rotatable bonds is 2. The van der Waals surface area contributed by atoms with Crippen LogP contribution in [0.3, 0.4) is 0 Å². The largest absolute Gasteiger partial charge is 0.384 e. The van der Waals surface area contributed by atoms with E-state index >= 15 is 0 Å². The number of morpholine rings is 1. The van der Waals surface area contributed by atoms with E-state index in [1.807, 2.05) is 0 Å². The molecule has 3 nitrogen and oxygen atoms in total. The van der Waals surface area contributed by atoms with Crippen LogP contribution in [0.4, 0.5) is 5.69 Å². The molecule has 2 unspecified atom stereocenters. The summed E-state index contributed by atoms with van der Waals surface area (Å²) in [5.41, 5.74) is 4.31. The second kappa shape index (κ2) is 5.38. The first kappa shape index (κ1) is 12.7. The van der Waals surface area contributed by atoms with Gasteiger partial charge >= 0.3 is 0 Å². The van der Waals surface area contributed by atoms with Crippen molar-refractivity contribution in [3.63, 3.8) is 0 Å². The number of fused-ring (bicyclic) bond motifs is 2. The summed E-state index contributed by atoms with van der Waals surface area (Å²) in [5, 5.41) is 3.44. The lowest BCUT2D eigenvalue weighted by Crippen LogP contribution is -2.52. The first-order chi connectivity index (χ1) is 9.90. The third kappa shape index (κ3) is 2.33. The van der Waals surface area contributed by atoms with Gasteiger partial charge in [-0.15, -0.1) is 0 Å². The summed E-state index contributed by atoms with van der Waals surface area (Å²) in [5.74, 6) is 0. The van der Waals surface area contributed by atoms with Crippen molar-refractivity contribution in [2.24, 2.45) is 0 Å². The molecule has 1 saturated carbocycles. The van der Waals surface area contributed by atoms with Gasteiger partial charge in [0.05, 0.1) is 12.7 Å². The van der Waals surface area contributed by atoms with E-state index in [0.29, 0.717) is 12.1 Å². The van der Waals surface area contributed by atoms with E-state index in [1.54, 1.807) is 0 Å². The van der Waals surface area contributed by atoms with Crippen molar-refractivity contribution >= 4 is 5.69 Å². The third-order valence-corrected chi connectivity index (χ3v) is 5.11. The summed E-state index contributed by atoms with van der Waals surface area (Å²) in [6, 6.07) is 7.62. The highest BCUT2D eigenvalue weighted by atomic mass is 16.5. The summed E-state index contributed by atoms with van der Waals surface area (Å²) >= 11 is 0. The monoisotopic (exact) mass is 272 g/mol. The maximum absolute atomic E-state index is 5.97. The van der Waals surface area contributed by atoms with Gasteiger partial charge in [0.25, 0.3) is 0 Å². The molecule has 1 N–H and O–H groups in total. The van der Waals surface area contributed by atoms with E-state index in [2.05, 4.69) is 28.4 Å². The van der Waals surface area contributed by atoms with Crippen LogP contribution >= 0.6 is 0 Å². The topological polar surface area (TPSA) is 24.5 Å². The minimum absolute atomic E-state index is 0.494.